The molecule has 17 heavy (non-hydrogen) atoms. The zero-order valence-electron chi connectivity index (χ0n) is 10.6. The van der Waals surface area contributed by atoms with Gasteiger partial charge in [-0.3, -0.25) is 0 Å². The van der Waals surface area contributed by atoms with Crippen molar-refractivity contribution in [2.24, 2.45) is 0 Å². The van der Waals surface area contributed by atoms with Crippen LogP contribution in [0.25, 0.3) is 0 Å². The molecule has 0 aromatic heterocycles. The Morgan fingerprint density at radius 3 is 2.65 bits per heavy atom. The van der Waals surface area contributed by atoms with Crippen LogP contribution in [0.15, 0.2) is 18.2 Å². The van der Waals surface area contributed by atoms with Crippen molar-refractivity contribution < 1.29 is 8.78 Å². The van der Waals surface area contributed by atoms with E-state index >= 15 is 0 Å². The lowest BCUT2D eigenvalue weighted by Gasteiger charge is -2.21. The molecule has 1 rings (SSSR count). The van der Waals surface area contributed by atoms with E-state index in [9.17, 15) is 8.78 Å². The van der Waals surface area contributed by atoms with Gasteiger partial charge in [-0.25, -0.2) is 8.78 Å². The largest absolute Gasteiger partial charge is 0.313 e. The minimum Gasteiger partial charge on any atom is -0.313 e. The van der Waals surface area contributed by atoms with E-state index in [0.717, 1.165) is 25.6 Å². The molecule has 1 aromatic rings. The lowest BCUT2D eigenvalue weighted by molar-refractivity contribution is 0.322. The van der Waals surface area contributed by atoms with Crippen LogP contribution in [-0.4, -0.2) is 32.1 Å². The van der Waals surface area contributed by atoms with Crippen LogP contribution in [0.3, 0.4) is 0 Å². The molecule has 0 heterocycles. The Morgan fingerprint density at radius 2 is 2.06 bits per heavy atom. The highest BCUT2D eigenvalue weighted by molar-refractivity contribution is 5.22. The number of benzene rings is 1. The molecule has 1 atom stereocenters. The summed E-state index contributed by atoms with van der Waals surface area (Å²) in [4.78, 5) is 2.14. The van der Waals surface area contributed by atoms with Crippen molar-refractivity contribution in [2.75, 3.05) is 27.2 Å². The van der Waals surface area contributed by atoms with Gasteiger partial charge in [0.1, 0.15) is 0 Å². The average molecular weight is 242 g/mol. The van der Waals surface area contributed by atoms with Crippen molar-refractivity contribution in [3.8, 4) is 0 Å². The first-order valence-electron chi connectivity index (χ1n) is 5.89. The highest BCUT2D eigenvalue weighted by Gasteiger charge is 2.16. The second kappa shape index (κ2) is 6.67. The van der Waals surface area contributed by atoms with Crippen molar-refractivity contribution >= 4 is 0 Å². The first-order valence-corrected chi connectivity index (χ1v) is 5.89. The summed E-state index contributed by atoms with van der Waals surface area (Å²) in [6.45, 7) is 3.86. The fourth-order valence-corrected chi connectivity index (χ4v) is 1.75. The molecule has 0 fully saturated rings. The molecule has 1 aromatic carbocycles. The number of rotatable bonds is 6. The number of nitrogens with one attached hydrogen (secondary N) is 1. The summed E-state index contributed by atoms with van der Waals surface area (Å²) in [5.74, 6) is -1.53. The summed E-state index contributed by atoms with van der Waals surface area (Å²) in [6.07, 6.45) is 0.751. The van der Waals surface area contributed by atoms with Gasteiger partial charge in [0, 0.05) is 11.6 Å². The maximum atomic E-state index is 13.6. The molecule has 4 heteroatoms. The van der Waals surface area contributed by atoms with Crippen LogP contribution in [0.5, 0.6) is 0 Å². The topological polar surface area (TPSA) is 15.3 Å². The normalized spacial score (nSPS) is 13.1. The van der Waals surface area contributed by atoms with E-state index in [4.69, 9.17) is 0 Å². The van der Waals surface area contributed by atoms with Crippen LogP contribution in [0, 0.1) is 11.6 Å². The maximum Gasteiger partial charge on any atom is 0.163 e. The van der Waals surface area contributed by atoms with Crippen LogP contribution in [-0.2, 0) is 0 Å². The second-order valence-corrected chi connectivity index (χ2v) is 4.17. The molecule has 0 aliphatic rings. The van der Waals surface area contributed by atoms with Gasteiger partial charge in [0.05, 0.1) is 0 Å². The quantitative estimate of drug-likeness (QED) is 0.824. The SMILES string of the molecule is CCN(C)CCC(NC)c1cccc(F)c1F. The number of halogens is 2. The molecule has 0 amide bonds. The molecule has 0 aliphatic carbocycles. The monoisotopic (exact) mass is 242 g/mol. The van der Waals surface area contributed by atoms with Gasteiger partial charge in [-0.2, -0.15) is 0 Å². The Bertz CT molecular complexity index is 355. The molecule has 0 radical (unpaired) electrons. The lowest BCUT2D eigenvalue weighted by atomic mass is 10.0. The molecule has 0 bridgehead atoms. The summed E-state index contributed by atoms with van der Waals surface area (Å²) in [6, 6.07) is 4.16. The lowest BCUT2D eigenvalue weighted by Crippen LogP contribution is -2.26. The summed E-state index contributed by atoms with van der Waals surface area (Å²) < 4.78 is 26.7. The number of nitrogens with zero attached hydrogens (tertiary/aromatic N) is 1. The Balaban J connectivity index is 2.76. The Hall–Kier alpha value is -1.00. The van der Waals surface area contributed by atoms with Gasteiger partial charge in [-0.1, -0.05) is 19.1 Å². The minimum atomic E-state index is -0.786. The second-order valence-electron chi connectivity index (χ2n) is 4.17. The standard InChI is InChI=1S/C13H20F2N2/c1-4-17(3)9-8-12(16-2)10-6-5-7-11(14)13(10)15/h5-7,12,16H,4,8-9H2,1-3H3. The van der Waals surface area contributed by atoms with E-state index in [1.54, 1.807) is 19.2 Å². The van der Waals surface area contributed by atoms with Gasteiger partial charge >= 0.3 is 0 Å². The molecular formula is C13H20F2N2. The summed E-state index contributed by atoms with van der Waals surface area (Å²) in [5.41, 5.74) is 0.400. The molecule has 0 saturated carbocycles. The summed E-state index contributed by atoms with van der Waals surface area (Å²) in [7, 11) is 3.77. The molecule has 96 valence electrons. The van der Waals surface area contributed by atoms with Gasteiger partial charge in [0.15, 0.2) is 11.6 Å². The van der Waals surface area contributed by atoms with Crippen molar-refractivity contribution in [1.29, 1.82) is 0 Å². The maximum absolute atomic E-state index is 13.6. The number of hydrogen-bond acceptors (Lipinski definition) is 2. The molecule has 0 aliphatic heterocycles. The predicted molar refractivity (Wildman–Crippen MR) is 65.9 cm³/mol. The van der Waals surface area contributed by atoms with Gasteiger partial charge in [-0.15, -0.1) is 0 Å². The van der Waals surface area contributed by atoms with E-state index in [1.165, 1.54) is 0 Å². The van der Waals surface area contributed by atoms with Crippen LogP contribution in [0.1, 0.15) is 24.9 Å². The van der Waals surface area contributed by atoms with Crippen LogP contribution < -0.4 is 5.32 Å². The number of hydrogen-bond donors (Lipinski definition) is 1. The van der Waals surface area contributed by atoms with Crippen molar-refractivity contribution in [1.82, 2.24) is 10.2 Å². The van der Waals surface area contributed by atoms with Crippen LogP contribution in [0.2, 0.25) is 0 Å². The highest BCUT2D eigenvalue weighted by atomic mass is 19.2. The fraction of sp³-hybridized carbons (Fsp3) is 0.538. The van der Waals surface area contributed by atoms with E-state index in [1.807, 2.05) is 7.05 Å². The van der Waals surface area contributed by atoms with Gasteiger partial charge in [0.25, 0.3) is 0 Å². The highest BCUT2D eigenvalue weighted by Crippen LogP contribution is 2.21. The zero-order valence-corrected chi connectivity index (χ0v) is 10.6. The van der Waals surface area contributed by atoms with Crippen LogP contribution in [0.4, 0.5) is 8.78 Å². The third kappa shape index (κ3) is 3.75. The molecule has 0 spiro atoms. The van der Waals surface area contributed by atoms with Crippen molar-refractivity contribution in [3.63, 3.8) is 0 Å². The Morgan fingerprint density at radius 1 is 1.35 bits per heavy atom. The van der Waals surface area contributed by atoms with E-state index < -0.39 is 11.6 Å². The predicted octanol–water partition coefficient (Wildman–Crippen LogP) is 2.57. The smallest absolute Gasteiger partial charge is 0.163 e. The van der Waals surface area contributed by atoms with Gasteiger partial charge in [0.2, 0.25) is 0 Å². The summed E-state index contributed by atoms with van der Waals surface area (Å²) in [5, 5.41) is 3.03. The van der Waals surface area contributed by atoms with Crippen molar-refractivity contribution in [2.45, 2.75) is 19.4 Å². The first kappa shape index (κ1) is 14.1. The average Bonchev–Trinajstić information content (AvgIpc) is 2.34. The third-order valence-electron chi connectivity index (χ3n) is 3.04. The minimum absolute atomic E-state index is 0.153. The molecule has 1 N–H and O–H groups in total. The first-order chi connectivity index (χ1) is 8.10. The Labute approximate surface area is 102 Å². The van der Waals surface area contributed by atoms with Gasteiger partial charge < -0.3 is 10.2 Å². The van der Waals surface area contributed by atoms with E-state index in [0.29, 0.717) is 5.56 Å². The molecular weight excluding hydrogens is 222 g/mol. The molecule has 1 unspecified atom stereocenters. The summed E-state index contributed by atoms with van der Waals surface area (Å²) >= 11 is 0. The molecule has 0 saturated heterocycles. The fourth-order valence-electron chi connectivity index (χ4n) is 1.75. The molecule has 2 nitrogen and oxygen atoms in total. The van der Waals surface area contributed by atoms with E-state index in [2.05, 4.69) is 17.1 Å². The van der Waals surface area contributed by atoms with Crippen LogP contribution >= 0.6 is 0 Å². The van der Waals surface area contributed by atoms with Gasteiger partial charge in [-0.05, 0) is 39.7 Å². The zero-order chi connectivity index (χ0) is 12.8. The van der Waals surface area contributed by atoms with E-state index in [-0.39, 0.29) is 6.04 Å². The van der Waals surface area contributed by atoms with Crippen molar-refractivity contribution in [3.05, 3.63) is 35.4 Å². The Kier molecular flexibility index (Phi) is 5.51. The third-order valence-corrected chi connectivity index (χ3v) is 3.04.